The number of benzene rings is 2. The Labute approximate surface area is 136 Å². The Kier molecular flexibility index (Phi) is 5.92. The van der Waals surface area contributed by atoms with Crippen molar-refractivity contribution in [2.75, 3.05) is 0 Å². The van der Waals surface area contributed by atoms with Gasteiger partial charge in [-0.3, -0.25) is 9.59 Å². The minimum atomic E-state index is -0.615. The van der Waals surface area contributed by atoms with E-state index < -0.39 is 11.9 Å². The Morgan fingerprint density at radius 3 is 2.17 bits per heavy atom. The Morgan fingerprint density at radius 2 is 1.61 bits per heavy atom. The third kappa shape index (κ3) is 4.68. The average molecular weight is 310 g/mol. The number of unbranched alkanes of at least 4 members (excludes halogenated alkanes) is 1. The van der Waals surface area contributed by atoms with E-state index >= 15 is 0 Å². The summed E-state index contributed by atoms with van der Waals surface area (Å²) in [6.07, 6.45) is 2.37. The molecular weight excluding hydrogens is 288 g/mol. The van der Waals surface area contributed by atoms with Gasteiger partial charge >= 0.3 is 0 Å². The highest BCUT2D eigenvalue weighted by Gasteiger charge is 2.18. The maximum Gasteiger partial charge on any atom is 0.251 e. The van der Waals surface area contributed by atoms with Crippen LogP contribution in [-0.4, -0.2) is 17.9 Å². The summed E-state index contributed by atoms with van der Waals surface area (Å²) in [5.41, 5.74) is 8.01. The Hall–Kier alpha value is -2.62. The van der Waals surface area contributed by atoms with E-state index in [-0.39, 0.29) is 5.91 Å². The van der Waals surface area contributed by atoms with Crippen LogP contribution in [-0.2, 0) is 4.79 Å². The molecule has 4 heteroatoms. The van der Waals surface area contributed by atoms with E-state index in [4.69, 9.17) is 5.73 Å². The summed E-state index contributed by atoms with van der Waals surface area (Å²) >= 11 is 0. The molecule has 2 rings (SSSR count). The minimum Gasteiger partial charge on any atom is -0.368 e. The van der Waals surface area contributed by atoms with Crippen molar-refractivity contribution in [2.45, 2.75) is 32.2 Å². The number of carbonyl (C=O) groups is 2. The highest BCUT2D eigenvalue weighted by atomic mass is 16.2. The maximum atomic E-state index is 12.3. The van der Waals surface area contributed by atoms with E-state index in [1.54, 1.807) is 12.1 Å². The second-order valence-corrected chi connectivity index (χ2v) is 5.51. The largest absolute Gasteiger partial charge is 0.368 e. The molecule has 0 bridgehead atoms. The van der Waals surface area contributed by atoms with Gasteiger partial charge in [0.2, 0.25) is 5.91 Å². The SMILES string of the molecule is CCCC[C@H](NC(=O)c1ccc(-c2ccccc2)cc1)C(N)=O. The van der Waals surface area contributed by atoms with Crippen molar-refractivity contribution in [3.63, 3.8) is 0 Å². The summed E-state index contributed by atoms with van der Waals surface area (Å²) in [5, 5.41) is 2.71. The van der Waals surface area contributed by atoms with E-state index in [1.165, 1.54) is 0 Å². The van der Waals surface area contributed by atoms with Gasteiger partial charge in [-0.25, -0.2) is 0 Å². The Balaban J connectivity index is 2.06. The lowest BCUT2D eigenvalue weighted by atomic mass is 10.0. The number of nitrogens with two attached hydrogens (primary N) is 1. The predicted molar refractivity (Wildman–Crippen MR) is 91.9 cm³/mol. The van der Waals surface area contributed by atoms with Crippen molar-refractivity contribution < 1.29 is 9.59 Å². The smallest absolute Gasteiger partial charge is 0.251 e. The van der Waals surface area contributed by atoms with Crippen molar-refractivity contribution in [1.29, 1.82) is 0 Å². The highest BCUT2D eigenvalue weighted by Crippen LogP contribution is 2.19. The van der Waals surface area contributed by atoms with E-state index in [1.807, 2.05) is 49.4 Å². The topological polar surface area (TPSA) is 72.2 Å². The van der Waals surface area contributed by atoms with Crippen molar-refractivity contribution in [3.8, 4) is 11.1 Å². The van der Waals surface area contributed by atoms with Gasteiger partial charge in [-0.15, -0.1) is 0 Å². The maximum absolute atomic E-state index is 12.3. The number of hydrogen-bond acceptors (Lipinski definition) is 2. The second kappa shape index (κ2) is 8.13. The third-order valence-corrected chi connectivity index (χ3v) is 3.75. The quantitative estimate of drug-likeness (QED) is 0.824. The van der Waals surface area contributed by atoms with E-state index in [9.17, 15) is 9.59 Å². The second-order valence-electron chi connectivity index (χ2n) is 5.51. The van der Waals surface area contributed by atoms with Gasteiger partial charge in [-0.2, -0.15) is 0 Å². The minimum absolute atomic E-state index is 0.274. The molecule has 0 saturated carbocycles. The fourth-order valence-corrected chi connectivity index (χ4v) is 2.38. The van der Waals surface area contributed by atoms with Gasteiger partial charge in [-0.05, 0) is 29.7 Å². The zero-order chi connectivity index (χ0) is 16.7. The average Bonchev–Trinajstić information content (AvgIpc) is 2.59. The summed E-state index contributed by atoms with van der Waals surface area (Å²) in [5.74, 6) is -0.766. The molecule has 0 spiro atoms. The first-order valence-corrected chi connectivity index (χ1v) is 7.87. The summed E-state index contributed by atoms with van der Waals surface area (Å²) < 4.78 is 0. The molecule has 0 radical (unpaired) electrons. The van der Waals surface area contributed by atoms with Crippen molar-refractivity contribution in [3.05, 3.63) is 60.2 Å². The molecule has 0 heterocycles. The van der Waals surface area contributed by atoms with Crippen LogP contribution in [0.2, 0.25) is 0 Å². The Morgan fingerprint density at radius 1 is 1.00 bits per heavy atom. The predicted octanol–water partition coefficient (Wildman–Crippen LogP) is 3.13. The van der Waals surface area contributed by atoms with Gasteiger partial charge in [0.25, 0.3) is 5.91 Å². The van der Waals surface area contributed by atoms with Gasteiger partial charge in [-0.1, -0.05) is 62.2 Å². The van der Waals surface area contributed by atoms with Crippen molar-refractivity contribution in [2.24, 2.45) is 5.73 Å². The highest BCUT2D eigenvalue weighted by molar-refractivity contribution is 5.97. The summed E-state index contributed by atoms with van der Waals surface area (Å²) in [4.78, 5) is 23.7. The van der Waals surface area contributed by atoms with Crippen molar-refractivity contribution >= 4 is 11.8 Å². The summed E-state index contributed by atoms with van der Waals surface area (Å²) in [7, 11) is 0. The summed E-state index contributed by atoms with van der Waals surface area (Å²) in [6, 6.07) is 16.6. The van der Waals surface area contributed by atoms with Crippen LogP contribution in [0.1, 0.15) is 36.5 Å². The van der Waals surface area contributed by atoms with Crippen LogP contribution < -0.4 is 11.1 Å². The molecule has 2 aromatic carbocycles. The number of amides is 2. The summed E-state index contributed by atoms with van der Waals surface area (Å²) in [6.45, 7) is 2.03. The monoisotopic (exact) mass is 310 g/mol. The van der Waals surface area contributed by atoms with Crippen LogP contribution in [0.25, 0.3) is 11.1 Å². The standard InChI is InChI=1S/C19H22N2O2/c1-2-3-9-17(18(20)22)21-19(23)16-12-10-15(11-13-16)14-7-5-4-6-8-14/h4-8,10-13,17H,2-3,9H2,1H3,(H2,20,22)(H,21,23)/t17-/m0/s1. The molecule has 4 nitrogen and oxygen atoms in total. The van der Waals surface area contributed by atoms with Crippen LogP contribution in [0.3, 0.4) is 0 Å². The fourth-order valence-electron chi connectivity index (χ4n) is 2.38. The molecule has 120 valence electrons. The third-order valence-electron chi connectivity index (χ3n) is 3.75. The molecule has 0 aliphatic rings. The number of hydrogen-bond donors (Lipinski definition) is 2. The van der Waals surface area contributed by atoms with Crippen LogP contribution >= 0.6 is 0 Å². The van der Waals surface area contributed by atoms with E-state index in [0.29, 0.717) is 12.0 Å². The van der Waals surface area contributed by atoms with Gasteiger partial charge in [0, 0.05) is 5.56 Å². The lowest BCUT2D eigenvalue weighted by molar-refractivity contribution is -0.120. The van der Waals surface area contributed by atoms with Crippen LogP contribution in [0, 0.1) is 0 Å². The zero-order valence-electron chi connectivity index (χ0n) is 13.3. The number of carbonyl (C=O) groups excluding carboxylic acids is 2. The van der Waals surface area contributed by atoms with Gasteiger partial charge < -0.3 is 11.1 Å². The number of primary amides is 1. The fraction of sp³-hybridized carbons (Fsp3) is 0.263. The first-order valence-electron chi connectivity index (χ1n) is 7.87. The first kappa shape index (κ1) is 16.7. The van der Waals surface area contributed by atoms with Gasteiger partial charge in [0.05, 0.1) is 0 Å². The molecule has 0 aromatic heterocycles. The molecule has 0 saturated heterocycles. The number of nitrogens with one attached hydrogen (secondary N) is 1. The molecule has 0 fully saturated rings. The molecule has 2 amide bonds. The zero-order valence-corrected chi connectivity index (χ0v) is 13.3. The van der Waals surface area contributed by atoms with Crippen LogP contribution in [0.5, 0.6) is 0 Å². The van der Waals surface area contributed by atoms with Crippen molar-refractivity contribution in [1.82, 2.24) is 5.32 Å². The molecule has 0 aliphatic carbocycles. The number of rotatable bonds is 7. The lowest BCUT2D eigenvalue weighted by Crippen LogP contribution is -2.44. The molecule has 0 aliphatic heterocycles. The normalized spacial score (nSPS) is 11.7. The lowest BCUT2D eigenvalue weighted by Gasteiger charge is -2.15. The molecular formula is C19H22N2O2. The first-order chi connectivity index (χ1) is 11.1. The van der Waals surface area contributed by atoms with Crippen LogP contribution in [0.4, 0.5) is 0 Å². The van der Waals surface area contributed by atoms with Gasteiger partial charge in [0.1, 0.15) is 6.04 Å². The van der Waals surface area contributed by atoms with E-state index in [2.05, 4.69) is 5.32 Å². The molecule has 23 heavy (non-hydrogen) atoms. The molecule has 0 unspecified atom stereocenters. The van der Waals surface area contributed by atoms with Crippen LogP contribution in [0.15, 0.2) is 54.6 Å². The molecule has 3 N–H and O–H groups in total. The molecule has 2 aromatic rings. The van der Waals surface area contributed by atoms with E-state index in [0.717, 1.165) is 24.0 Å². The van der Waals surface area contributed by atoms with Gasteiger partial charge in [0.15, 0.2) is 0 Å². The Bertz CT molecular complexity index is 651. The molecule has 1 atom stereocenters.